The monoisotopic (exact) mass is 316 g/mol. The van der Waals surface area contributed by atoms with E-state index in [-0.39, 0.29) is 11.3 Å². The van der Waals surface area contributed by atoms with Crippen LogP contribution < -0.4 is 4.74 Å². The van der Waals surface area contributed by atoms with Crippen molar-refractivity contribution in [2.75, 3.05) is 14.2 Å². The minimum absolute atomic E-state index is 0.200. The van der Waals surface area contributed by atoms with Crippen LogP contribution in [0, 0.1) is 11.6 Å². The van der Waals surface area contributed by atoms with Crippen molar-refractivity contribution < 1.29 is 32.9 Å². The highest BCUT2D eigenvalue weighted by molar-refractivity contribution is 5.75. The maximum Gasteiger partial charge on any atom is 0.333 e. The lowest BCUT2D eigenvalue weighted by Crippen LogP contribution is -2.36. The lowest BCUT2D eigenvalue weighted by molar-refractivity contribution is -0.154. The van der Waals surface area contributed by atoms with E-state index in [2.05, 4.69) is 0 Å². The number of carbonyl (C=O) groups is 1. The van der Waals surface area contributed by atoms with E-state index in [0.29, 0.717) is 0 Å². The zero-order chi connectivity index (χ0) is 16.7. The van der Waals surface area contributed by atoms with Gasteiger partial charge in [-0.15, -0.1) is 0 Å². The summed E-state index contributed by atoms with van der Waals surface area (Å²) in [4.78, 5) is 11.5. The maximum atomic E-state index is 13.9. The van der Waals surface area contributed by atoms with Crippen molar-refractivity contribution in [3.8, 4) is 5.75 Å². The molecule has 0 saturated carbocycles. The van der Waals surface area contributed by atoms with Gasteiger partial charge in [-0.2, -0.15) is 4.39 Å². The van der Waals surface area contributed by atoms with Gasteiger partial charge >= 0.3 is 5.97 Å². The molecular weight excluding hydrogens is 298 g/mol. The van der Waals surface area contributed by atoms with Crippen LogP contribution in [0.25, 0.3) is 0 Å². The second kappa shape index (κ2) is 5.81. The van der Waals surface area contributed by atoms with E-state index in [1.54, 1.807) is 13.8 Å². The van der Waals surface area contributed by atoms with Gasteiger partial charge in [0.1, 0.15) is 0 Å². The van der Waals surface area contributed by atoms with Crippen LogP contribution in [-0.2, 0) is 14.3 Å². The number of methoxy groups -OCH3 is 2. The highest BCUT2D eigenvalue weighted by Gasteiger charge is 2.54. The summed E-state index contributed by atoms with van der Waals surface area (Å²) in [6.07, 6.45) is -1.91. The topological polar surface area (TPSA) is 65.0 Å². The van der Waals surface area contributed by atoms with Crippen molar-refractivity contribution in [2.45, 2.75) is 37.6 Å². The van der Waals surface area contributed by atoms with Crippen LogP contribution in [0.3, 0.4) is 0 Å². The number of aliphatic carboxylic acids is 1. The summed E-state index contributed by atoms with van der Waals surface area (Å²) in [5.74, 6) is -4.60. The van der Waals surface area contributed by atoms with E-state index in [4.69, 9.17) is 14.2 Å². The number of carboxylic acids is 1. The minimum Gasteiger partial charge on any atom is -0.493 e. The van der Waals surface area contributed by atoms with Gasteiger partial charge in [0.2, 0.25) is 5.82 Å². The predicted molar refractivity (Wildman–Crippen MR) is 73.0 cm³/mol. The summed E-state index contributed by atoms with van der Waals surface area (Å²) < 4.78 is 43.2. The molecule has 1 aromatic carbocycles. The zero-order valence-corrected chi connectivity index (χ0v) is 12.7. The molecule has 3 atom stereocenters. The fraction of sp³-hybridized carbons (Fsp3) is 0.533. The smallest absolute Gasteiger partial charge is 0.333 e. The number of ether oxygens (including phenoxy) is 3. The molecule has 0 bridgehead atoms. The standard InChI is InChI=1S/C15H18F2O5/c1-15(2)13(21-4)9(12(22-15)14(18)19)7-5-6-8(16)10(17)11(7)20-3/h5-6,9,12-13H,1-4H3,(H,18,19). The Hall–Kier alpha value is -1.73. The molecule has 0 spiro atoms. The lowest BCUT2D eigenvalue weighted by atomic mass is 9.84. The summed E-state index contributed by atoms with van der Waals surface area (Å²) >= 11 is 0. The first kappa shape index (κ1) is 16.6. The van der Waals surface area contributed by atoms with Gasteiger partial charge in [0.25, 0.3) is 0 Å². The van der Waals surface area contributed by atoms with E-state index >= 15 is 0 Å². The van der Waals surface area contributed by atoms with Crippen LogP contribution >= 0.6 is 0 Å². The quantitative estimate of drug-likeness (QED) is 0.923. The molecule has 1 aromatic rings. The Morgan fingerprint density at radius 2 is 1.95 bits per heavy atom. The summed E-state index contributed by atoms with van der Waals surface area (Å²) in [6, 6.07) is 2.23. The number of hydrogen-bond donors (Lipinski definition) is 1. The summed E-state index contributed by atoms with van der Waals surface area (Å²) in [5.41, 5.74) is -0.704. The maximum absolute atomic E-state index is 13.9. The van der Waals surface area contributed by atoms with E-state index in [0.717, 1.165) is 6.07 Å². The largest absolute Gasteiger partial charge is 0.493 e. The Morgan fingerprint density at radius 3 is 2.45 bits per heavy atom. The molecule has 1 saturated heterocycles. The SMILES string of the molecule is COc1c(C2C(C(=O)O)OC(C)(C)C2OC)ccc(F)c1F. The molecule has 0 aliphatic carbocycles. The van der Waals surface area contributed by atoms with Gasteiger partial charge in [0.05, 0.1) is 24.7 Å². The Kier molecular flexibility index (Phi) is 4.39. The van der Waals surface area contributed by atoms with Gasteiger partial charge in [-0.3, -0.25) is 0 Å². The average molecular weight is 316 g/mol. The average Bonchev–Trinajstić information content (AvgIpc) is 2.72. The van der Waals surface area contributed by atoms with Gasteiger partial charge in [-0.05, 0) is 19.9 Å². The van der Waals surface area contributed by atoms with Crippen molar-refractivity contribution >= 4 is 5.97 Å². The number of rotatable bonds is 4. The van der Waals surface area contributed by atoms with Crippen LogP contribution in [0.2, 0.25) is 0 Å². The minimum atomic E-state index is -1.25. The molecule has 0 radical (unpaired) electrons. The zero-order valence-electron chi connectivity index (χ0n) is 12.7. The van der Waals surface area contributed by atoms with E-state index in [1.165, 1.54) is 20.3 Å². The third-order valence-corrected chi connectivity index (χ3v) is 3.91. The Bertz CT molecular complexity index is 588. The Labute approximate surface area is 126 Å². The summed E-state index contributed by atoms with van der Waals surface area (Å²) in [5, 5.41) is 9.39. The van der Waals surface area contributed by atoms with E-state index in [9.17, 15) is 18.7 Å². The predicted octanol–water partition coefficient (Wildman–Crippen LogP) is 2.33. The van der Waals surface area contributed by atoms with Crippen molar-refractivity contribution in [1.29, 1.82) is 0 Å². The van der Waals surface area contributed by atoms with Crippen molar-refractivity contribution in [1.82, 2.24) is 0 Å². The molecule has 0 aromatic heterocycles. The molecule has 1 aliphatic heterocycles. The fourth-order valence-corrected chi connectivity index (χ4v) is 3.04. The van der Waals surface area contributed by atoms with Crippen molar-refractivity contribution in [3.63, 3.8) is 0 Å². The number of benzene rings is 1. The van der Waals surface area contributed by atoms with Gasteiger partial charge in [0.15, 0.2) is 17.7 Å². The van der Waals surface area contributed by atoms with Gasteiger partial charge in [-0.1, -0.05) is 6.07 Å². The molecule has 5 nitrogen and oxygen atoms in total. The van der Waals surface area contributed by atoms with Crippen LogP contribution in [0.1, 0.15) is 25.3 Å². The Morgan fingerprint density at radius 1 is 1.32 bits per heavy atom. The van der Waals surface area contributed by atoms with E-state index in [1.807, 2.05) is 0 Å². The normalized spacial score (nSPS) is 26.9. The molecule has 1 fully saturated rings. The third-order valence-electron chi connectivity index (χ3n) is 3.91. The highest BCUT2D eigenvalue weighted by atomic mass is 19.2. The first-order chi connectivity index (χ1) is 10.2. The van der Waals surface area contributed by atoms with Gasteiger partial charge < -0.3 is 19.3 Å². The Balaban J connectivity index is 2.61. The third kappa shape index (κ3) is 2.55. The molecule has 1 aliphatic rings. The molecular formula is C15H18F2O5. The molecule has 7 heteroatoms. The first-order valence-electron chi connectivity index (χ1n) is 6.70. The van der Waals surface area contributed by atoms with E-state index < -0.39 is 41.3 Å². The van der Waals surface area contributed by atoms with Crippen LogP contribution in [0.4, 0.5) is 8.78 Å². The fourth-order valence-electron chi connectivity index (χ4n) is 3.04. The first-order valence-corrected chi connectivity index (χ1v) is 6.70. The highest BCUT2D eigenvalue weighted by Crippen LogP contribution is 2.46. The molecule has 2 rings (SSSR count). The summed E-state index contributed by atoms with van der Waals surface area (Å²) in [7, 11) is 2.61. The molecule has 3 unspecified atom stereocenters. The van der Waals surface area contributed by atoms with Gasteiger partial charge in [-0.25, -0.2) is 9.18 Å². The second-order valence-electron chi connectivity index (χ2n) is 5.65. The lowest BCUT2D eigenvalue weighted by Gasteiger charge is -2.27. The number of halogens is 2. The molecule has 1 N–H and O–H groups in total. The van der Waals surface area contributed by atoms with Crippen molar-refractivity contribution in [3.05, 3.63) is 29.3 Å². The molecule has 0 amide bonds. The van der Waals surface area contributed by atoms with Crippen LogP contribution in [0.15, 0.2) is 12.1 Å². The van der Waals surface area contributed by atoms with Crippen LogP contribution in [0.5, 0.6) is 5.75 Å². The number of hydrogen-bond acceptors (Lipinski definition) is 4. The molecule has 122 valence electrons. The van der Waals surface area contributed by atoms with Gasteiger partial charge in [0, 0.05) is 12.7 Å². The molecule has 22 heavy (non-hydrogen) atoms. The second-order valence-corrected chi connectivity index (χ2v) is 5.65. The number of carboxylic acid groups (broad SMARTS) is 1. The summed E-state index contributed by atoms with van der Waals surface area (Å²) in [6.45, 7) is 3.37. The molecule has 1 heterocycles. The van der Waals surface area contributed by atoms with Crippen LogP contribution in [-0.4, -0.2) is 43.1 Å². The van der Waals surface area contributed by atoms with Crippen molar-refractivity contribution in [2.24, 2.45) is 0 Å².